The van der Waals surface area contributed by atoms with Gasteiger partial charge in [0.2, 0.25) is 23.3 Å². The summed E-state index contributed by atoms with van der Waals surface area (Å²) in [7, 11) is -3.00. The Bertz CT molecular complexity index is 4610. The second-order valence-corrected chi connectivity index (χ2v) is 24.9. The van der Waals surface area contributed by atoms with E-state index in [1.54, 1.807) is 78.5 Å². The molecule has 462 valence electrons. The van der Waals surface area contributed by atoms with Gasteiger partial charge in [0, 0.05) is 112 Å². The molecule has 90 heavy (non-hydrogen) atoms. The second kappa shape index (κ2) is 25.8. The Morgan fingerprint density at radius 2 is 1.06 bits per heavy atom. The Morgan fingerprint density at radius 1 is 0.578 bits per heavy atom. The molecule has 0 spiro atoms. The van der Waals surface area contributed by atoms with E-state index < -0.39 is 45.8 Å². The average Bonchev–Trinajstić information content (AvgIpc) is 0.848. The number of carboxylic acid groups (broad SMARTS) is 1. The van der Waals surface area contributed by atoms with Crippen molar-refractivity contribution in [2.24, 2.45) is 0 Å². The zero-order valence-corrected chi connectivity index (χ0v) is 52.3. The van der Waals surface area contributed by atoms with Crippen LogP contribution in [0.2, 0.25) is 0 Å². The molecule has 0 atom stereocenters. The molecule has 2 heterocycles. The highest BCUT2D eigenvalue weighted by Crippen LogP contribution is 2.38. The molecule has 24 nitrogen and oxygen atoms in total. The first kappa shape index (κ1) is 64.2. The number of nitrogens with zero attached hydrogens (tertiary/aromatic N) is 10. The Hall–Kier alpha value is -10.3. The topological polar surface area (TPSA) is 342 Å². The number of nitrogens with one attached hydrogen (secondary N) is 2. The average molecular weight is 1260 g/mol. The molecule has 2 aromatic heterocycles. The second-order valence-electron chi connectivity index (χ2n) is 22.1. The van der Waals surface area contributed by atoms with Crippen LogP contribution in [0, 0.1) is 61.8 Å². The zero-order chi connectivity index (χ0) is 65.3. The van der Waals surface area contributed by atoms with Gasteiger partial charge in [0.1, 0.15) is 33.8 Å². The van der Waals surface area contributed by atoms with Crippen LogP contribution in [0.25, 0.3) is 5.57 Å². The monoisotopic (exact) mass is 1260 g/mol. The van der Waals surface area contributed by atoms with Gasteiger partial charge in [-0.1, -0.05) is 48.5 Å². The highest BCUT2D eigenvalue weighted by atomic mass is 32.2. The van der Waals surface area contributed by atoms with E-state index in [0.717, 1.165) is 73.5 Å². The maximum absolute atomic E-state index is 13.5. The number of hydrogen-bond acceptors (Lipinski definition) is 18. The summed E-state index contributed by atoms with van der Waals surface area (Å²) in [6, 6.07) is 25.8. The lowest BCUT2D eigenvalue weighted by Gasteiger charge is -2.20. The number of hydrogen-bond donors (Lipinski definition) is 5. The van der Waals surface area contributed by atoms with Gasteiger partial charge in [-0.2, -0.15) is 36.8 Å². The number of aromatic nitrogens is 6. The van der Waals surface area contributed by atoms with E-state index in [1.807, 2.05) is 67.8 Å². The summed E-state index contributed by atoms with van der Waals surface area (Å²) in [5, 5.41) is 37.1. The van der Waals surface area contributed by atoms with E-state index in [9.17, 15) is 56.1 Å². The summed E-state index contributed by atoms with van der Waals surface area (Å²) in [6.45, 7) is 11.6. The first-order valence-electron chi connectivity index (χ1n) is 27.9. The van der Waals surface area contributed by atoms with Crippen molar-refractivity contribution < 1.29 is 50.7 Å². The first-order valence-corrected chi connectivity index (χ1v) is 30.8. The number of aliphatic carboxylic acids is 1. The van der Waals surface area contributed by atoms with Crippen molar-refractivity contribution in [3.63, 3.8) is 0 Å². The quantitative estimate of drug-likeness (QED) is 0.0270. The third-order valence-corrected chi connectivity index (χ3v) is 17.0. The summed E-state index contributed by atoms with van der Waals surface area (Å²) < 4.78 is 72.1. The number of nitro benzene ring substituents is 2. The first-order chi connectivity index (χ1) is 42.4. The van der Waals surface area contributed by atoms with E-state index in [-0.39, 0.29) is 52.2 Å². The van der Waals surface area contributed by atoms with Crippen molar-refractivity contribution >= 4 is 77.8 Å². The lowest BCUT2D eigenvalue weighted by molar-refractivity contribution is -0.385. The van der Waals surface area contributed by atoms with Gasteiger partial charge in [-0.15, -0.1) is 0 Å². The Labute approximate surface area is 519 Å². The number of carboxylic acids is 1. The van der Waals surface area contributed by atoms with Crippen LogP contribution in [0.1, 0.15) is 90.1 Å². The molecule has 1 aliphatic carbocycles. The van der Waals surface area contributed by atoms with Crippen LogP contribution >= 0.6 is 0 Å². The normalized spacial score (nSPS) is 13.5. The minimum absolute atomic E-state index is 0.0295. The molecule has 0 amide bonds. The number of carbonyl (C=O) groups is 1. The summed E-state index contributed by atoms with van der Waals surface area (Å²) >= 11 is 0. The lowest BCUT2D eigenvalue weighted by Crippen LogP contribution is -2.68. The third kappa shape index (κ3) is 14.5. The highest BCUT2D eigenvalue weighted by Gasteiger charge is 2.30. The Morgan fingerprint density at radius 3 is 1.51 bits per heavy atom. The Balaban J connectivity index is 1.08. The molecule has 0 aliphatic heterocycles. The minimum atomic E-state index is -5.24. The van der Waals surface area contributed by atoms with Crippen LogP contribution in [0.5, 0.6) is 0 Å². The molecular weight excluding hydrogens is 1190 g/mol. The molecular formula is C64H63N12O12S2+. The fourth-order valence-corrected chi connectivity index (χ4v) is 12.0. The maximum atomic E-state index is 13.5. The number of non-ortho nitro benzene ring substituents is 2. The molecule has 9 rings (SSSR count). The fraction of sp³-hybridized carbons (Fsp3) is 0.219. The van der Waals surface area contributed by atoms with E-state index in [2.05, 4.69) is 20.3 Å². The SMILES string of the molecule is Cc1cc(C)c(Nc2ccc(C(=C3C=CC(=[NH+]c4c(C)cc(C)c(Cc5nc(Cc6ccc([N+](=O)[O-])cc6)nc(N(C)C)n5)c4C)C(C(=O)O)=C3)c3ccc(S(=O)(=O)O)cc3S(=O)(=O)O)cc2)c(C)c1Cc1nc(Cc2ccc([N+](=O)[O-])cc2)nc(N(C)C)n1. The summed E-state index contributed by atoms with van der Waals surface area (Å²) in [5.74, 6) is 1.34. The van der Waals surface area contributed by atoms with Gasteiger partial charge in [-0.25, -0.2) is 19.8 Å². The van der Waals surface area contributed by atoms with Crippen molar-refractivity contribution in [2.75, 3.05) is 43.3 Å². The van der Waals surface area contributed by atoms with Gasteiger partial charge in [-0.05, 0) is 145 Å². The molecule has 0 fully saturated rings. The molecule has 26 heteroatoms. The van der Waals surface area contributed by atoms with Crippen LogP contribution in [0.3, 0.4) is 0 Å². The van der Waals surface area contributed by atoms with Crippen LogP contribution < -0.4 is 20.1 Å². The zero-order valence-electron chi connectivity index (χ0n) is 50.7. The molecule has 6 aromatic carbocycles. The Kier molecular flexibility index (Phi) is 18.4. The van der Waals surface area contributed by atoms with Crippen LogP contribution in [-0.2, 0) is 50.7 Å². The molecule has 0 saturated heterocycles. The third-order valence-electron chi connectivity index (χ3n) is 15.2. The molecule has 1 aliphatic rings. The van der Waals surface area contributed by atoms with Gasteiger partial charge in [0.05, 0.1) is 14.7 Å². The number of benzene rings is 6. The van der Waals surface area contributed by atoms with Gasteiger partial charge < -0.3 is 20.2 Å². The van der Waals surface area contributed by atoms with E-state index in [1.165, 1.54) is 36.4 Å². The van der Waals surface area contributed by atoms with Crippen molar-refractivity contribution in [1.29, 1.82) is 0 Å². The van der Waals surface area contributed by atoms with E-state index in [4.69, 9.17) is 19.9 Å². The van der Waals surface area contributed by atoms with Crippen LogP contribution in [0.15, 0.2) is 142 Å². The van der Waals surface area contributed by atoms with Gasteiger partial charge in [0.25, 0.3) is 31.6 Å². The number of allylic oxidation sites excluding steroid dienone is 4. The smallest absolute Gasteiger partial charge is 0.342 e. The number of rotatable bonds is 20. The summed E-state index contributed by atoms with van der Waals surface area (Å²) in [4.78, 5) is 68.7. The van der Waals surface area contributed by atoms with Crippen LogP contribution in [0.4, 0.5) is 40.3 Å². The van der Waals surface area contributed by atoms with Crippen molar-refractivity contribution in [3.05, 3.63) is 243 Å². The molecule has 0 saturated carbocycles. The number of anilines is 4. The van der Waals surface area contributed by atoms with Crippen molar-refractivity contribution in [3.8, 4) is 0 Å². The number of aryl methyl sites for hydroxylation is 4. The van der Waals surface area contributed by atoms with Crippen molar-refractivity contribution in [2.45, 2.75) is 77.0 Å². The maximum Gasteiger partial charge on any atom is 0.342 e. The molecule has 5 N–H and O–H groups in total. The highest BCUT2D eigenvalue weighted by molar-refractivity contribution is 7.86. The van der Waals surface area contributed by atoms with Gasteiger partial charge in [-0.3, -0.25) is 29.3 Å². The summed E-state index contributed by atoms with van der Waals surface area (Å²) in [6.07, 6.45) is 5.56. The molecule has 0 bridgehead atoms. The van der Waals surface area contributed by atoms with E-state index >= 15 is 0 Å². The largest absolute Gasteiger partial charge is 0.477 e. The summed E-state index contributed by atoms with van der Waals surface area (Å²) in [5.41, 5.74) is 10.6. The minimum Gasteiger partial charge on any atom is -0.477 e. The lowest BCUT2D eigenvalue weighted by atomic mass is 9.88. The van der Waals surface area contributed by atoms with Gasteiger partial charge in [0.15, 0.2) is 0 Å². The fourth-order valence-electron chi connectivity index (χ4n) is 10.7. The number of nitro groups is 2. The predicted octanol–water partition coefficient (Wildman–Crippen LogP) is 8.69. The molecule has 0 radical (unpaired) electrons. The van der Waals surface area contributed by atoms with Crippen LogP contribution in [-0.4, -0.2) is 111 Å². The standard InChI is InChI=1S/C64H62N12O12S2/c1-35-27-37(3)60(39(5)50(35)33-57-67-55(69-63(71-57)73(7)8)29-41-11-20-46(21-12-41)75(79)80)65-45-18-15-43(16-19-45)59(49-25-24-48(89(83,84)85)32-54(49)90(86,87)88)44-17-26-53(52(31-44)62(77)78)66-61-38(4)28-36(2)51(40(61)6)34-58-68-56(70-64(72-58)74(9)10)30-42-13-22-47(23-14-42)76(81)82/h11-28,31-32,65H,29-30,33-34H2,1-10H3,(H,77,78)(H,83,84,85)(H,86,87,88)/p+1. The molecule has 0 unspecified atom stereocenters. The predicted molar refractivity (Wildman–Crippen MR) is 339 cm³/mol. The van der Waals surface area contributed by atoms with Gasteiger partial charge >= 0.3 is 5.97 Å². The molecule has 8 aromatic rings. The van der Waals surface area contributed by atoms with E-state index in [0.29, 0.717) is 71.0 Å². The van der Waals surface area contributed by atoms with Crippen molar-refractivity contribution in [1.82, 2.24) is 29.9 Å².